The molecule has 0 aromatic heterocycles. The Balaban J connectivity index is 2.41. The first-order valence-corrected chi connectivity index (χ1v) is 7.37. The topological polar surface area (TPSA) is 40.6 Å². The summed E-state index contributed by atoms with van der Waals surface area (Å²) in [6.45, 7) is 9.14. The zero-order chi connectivity index (χ0) is 14.6. The number of hydrogen-bond acceptors (Lipinski definition) is 2. The van der Waals surface area contributed by atoms with Gasteiger partial charge in [0.15, 0.2) is 4.84 Å². The maximum atomic E-state index is 12.3. The van der Waals surface area contributed by atoms with Gasteiger partial charge in [-0.1, -0.05) is 44.0 Å². The highest BCUT2D eigenvalue weighted by Gasteiger charge is 2.56. The monoisotopic (exact) mass is 306 g/mol. The first-order valence-electron chi connectivity index (χ1n) is 6.50. The van der Waals surface area contributed by atoms with Crippen molar-refractivity contribution in [3.63, 3.8) is 0 Å². The fourth-order valence-electron chi connectivity index (χ4n) is 3.29. The summed E-state index contributed by atoms with van der Waals surface area (Å²) in [7, 11) is 0. The third-order valence-electron chi connectivity index (χ3n) is 4.17. The molecule has 0 spiro atoms. The molecule has 2 amide bonds. The number of halogens is 2. The van der Waals surface area contributed by atoms with Gasteiger partial charge in [0, 0.05) is 30.8 Å². The lowest BCUT2D eigenvalue weighted by molar-refractivity contribution is -0.163. The average Bonchev–Trinajstić information content (AvgIpc) is 2.49. The number of carbonyl (C=O) groups excluding carboxylic acids is 2. The Kier molecular flexibility index (Phi) is 3.55. The Hall–Kier alpha value is -0.480. The Labute approximate surface area is 124 Å². The average molecular weight is 307 g/mol. The molecular weight excluding hydrogens is 287 g/mol. The van der Waals surface area contributed by atoms with E-state index >= 15 is 0 Å². The molecule has 19 heavy (non-hydrogen) atoms. The lowest BCUT2D eigenvalue weighted by Gasteiger charge is -2.54. The SMILES string of the molecule is CC1CC2(C)N(C(=O)C(Cl)Cl)CC(C)(C)CN2C1=O. The van der Waals surface area contributed by atoms with Gasteiger partial charge in [-0.15, -0.1) is 0 Å². The second-order valence-corrected chi connectivity index (χ2v) is 7.73. The van der Waals surface area contributed by atoms with E-state index in [1.54, 1.807) is 4.90 Å². The van der Waals surface area contributed by atoms with E-state index in [9.17, 15) is 9.59 Å². The molecule has 0 radical (unpaired) electrons. The van der Waals surface area contributed by atoms with E-state index < -0.39 is 10.5 Å². The van der Waals surface area contributed by atoms with Crippen molar-refractivity contribution in [1.29, 1.82) is 0 Å². The van der Waals surface area contributed by atoms with Crippen molar-refractivity contribution in [2.45, 2.75) is 44.6 Å². The van der Waals surface area contributed by atoms with Gasteiger partial charge in [-0.05, 0) is 6.92 Å². The molecule has 2 saturated heterocycles. The van der Waals surface area contributed by atoms with Crippen molar-refractivity contribution in [2.24, 2.45) is 11.3 Å². The van der Waals surface area contributed by atoms with Gasteiger partial charge in [0.25, 0.3) is 5.91 Å². The van der Waals surface area contributed by atoms with E-state index in [-0.39, 0.29) is 23.1 Å². The Morgan fingerprint density at radius 3 is 2.42 bits per heavy atom. The Morgan fingerprint density at radius 2 is 1.89 bits per heavy atom. The zero-order valence-corrected chi connectivity index (χ0v) is 13.3. The molecule has 4 nitrogen and oxygen atoms in total. The van der Waals surface area contributed by atoms with Gasteiger partial charge in [0.05, 0.1) is 0 Å². The van der Waals surface area contributed by atoms with Crippen LogP contribution in [-0.4, -0.2) is 45.2 Å². The summed E-state index contributed by atoms with van der Waals surface area (Å²) in [4.78, 5) is 27.0. The van der Waals surface area contributed by atoms with E-state index in [1.807, 2.05) is 32.6 Å². The van der Waals surface area contributed by atoms with E-state index in [4.69, 9.17) is 23.2 Å². The smallest absolute Gasteiger partial charge is 0.257 e. The lowest BCUT2D eigenvalue weighted by Crippen LogP contribution is -2.67. The lowest BCUT2D eigenvalue weighted by atomic mass is 9.86. The first kappa shape index (κ1) is 14.9. The molecule has 6 heteroatoms. The molecule has 2 fully saturated rings. The summed E-state index contributed by atoms with van der Waals surface area (Å²) in [5, 5.41) is 0. The largest absolute Gasteiger partial charge is 0.319 e. The highest BCUT2D eigenvalue weighted by molar-refractivity contribution is 6.53. The van der Waals surface area contributed by atoms with Crippen molar-refractivity contribution in [1.82, 2.24) is 9.80 Å². The van der Waals surface area contributed by atoms with Crippen LogP contribution >= 0.6 is 23.2 Å². The molecule has 2 aliphatic heterocycles. The summed E-state index contributed by atoms with van der Waals surface area (Å²) in [5.41, 5.74) is -0.747. The molecule has 0 aromatic rings. The van der Waals surface area contributed by atoms with Crippen molar-refractivity contribution in [2.75, 3.05) is 13.1 Å². The van der Waals surface area contributed by atoms with Gasteiger partial charge in [-0.25, -0.2) is 0 Å². The van der Waals surface area contributed by atoms with Gasteiger partial charge in [-0.2, -0.15) is 0 Å². The fourth-order valence-corrected chi connectivity index (χ4v) is 3.53. The van der Waals surface area contributed by atoms with Gasteiger partial charge < -0.3 is 9.80 Å². The number of carbonyl (C=O) groups is 2. The fraction of sp³-hybridized carbons (Fsp3) is 0.846. The summed E-state index contributed by atoms with van der Waals surface area (Å²) in [6, 6.07) is 0. The van der Waals surface area contributed by atoms with Crippen LogP contribution in [0.4, 0.5) is 0 Å². The minimum Gasteiger partial charge on any atom is -0.319 e. The number of hydrogen-bond donors (Lipinski definition) is 0. The molecule has 2 unspecified atom stereocenters. The summed E-state index contributed by atoms with van der Waals surface area (Å²) < 4.78 is 0. The highest BCUT2D eigenvalue weighted by atomic mass is 35.5. The molecule has 2 aliphatic rings. The van der Waals surface area contributed by atoms with Crippen LogP contribution in [0, 0.1) is 11.3 Å². The van der Waals surface area contributed by atoms with E-state index in [0.29, 0.717) is 19.5 Å². The van der Waals surface area contributed by atoms with Gasteiger partial charge in [-0.3, -0.25) is 9.59 Å². The number of fused-ring (bicyclic) bond motifs is 1. The van der Waals surface area contributed by atoms with E-state index in [0.717, 1.165) is 0 Å². The van der Waals surface area contributed by atoms with Crippen molar-refractivity contribution in [3.8, 4) is 0 Å². The summed E-state index contributed by atoms with van der Waals surface area (Å²) in [6.07, 6.45) is 0.633. The highest BCUT2D eigenvalue weighted by Crippen LogP contribution is 2.44. The Bertz CT molecular complexity index is 425. The van der Waals surface area contributed by atoms with Crippen molar-refractivity contribution >= 4 is 35.0 Å². The summed E-state index contributed by atoms with van der Waals surface area (Å²) >= 11 is 11.5. The predicted octanol–water partition coefficient (Wildman–Crippen LogP) is 2.24. The number of alkyl halides is 2. The third kappa shape index (κ3) is 2.33. The van der Waals surface area contributed by atoms with Crippen molar-refractivity contribution < 1.29 is 9.59 Å². The molecular formula is C13H20Cl2N2O2. The van der Waals surface area contributed by atoms with E-state index in [1.165, 1.54) is 0 Å². The second-order valence-electron chi connectivity index (χ2n) is 6.64. The molecule has 2 rings (SSSR count). The molecule has 108 valence electrons. The van der Waals surface area contributed by atoms with Gasteiger partial charge >= 0.3 is 0 Å². The van der Waals surface area contributed by atoms with Crippen LogP contribution in [0.5, 0.6) is 0 Å². The number of rotatable bonds is 1. The minimum absolute atomic E-state index is 0.0710. The normalized spacial score (nSPS) is 33.8. The van der Waals surface area contributed by atoms with Crippen LogP contribution in [0.25, 0.3) is 0 Å². The molecule has 0 aliphatic carbocycles. The van der Waals surface area contributed by atoms with Crippen LogP contribution in [0.1, 0.15) is 34.1 Å². The van der Waals surface area contributed by atoms with E-state index in [2.05, 4.69) is 0 Å². The van der Waals surface area contributed by atoms with Gasteiger partial charge in [0.2, 0.25) is 5.91 Å². The number of amides is 2. The molecule has 2 atom stereocenters. The maximum absolute atomic E-state index is 12.3. The standard InChI is InChI=1S/C13H20Cl2N2O2/c1-8-5-13(4)16(10(8)18)6-12(2,3)7-17(13)11(19)9(14)15/h8-9H,5-7H2,1-4H3. The van der Waals surface area contributed by atoms with Crippen molar-refractivity contribution in [3.05, 3.63) is 0 Å². The molecule has 0 saturated carbocycles. The number of nitrogens with zero attached hydrogens (tertiary/aromatic N) is 2. The quantitative estimate of drug-likeness (QED) is 0.697. The van der Waals surface area contributed by atoms with Crippen LogP contribution in [0.2, 0.25) is 0 Å². The third-order valence-corrected chi connectivity index (χ3v) is 4.54. The van der Waals surface area contributed by atoms with Crippen LogP contribution in [0.3, 0.4) is 0 Å². The van der Waals surface area contributed by atoms with Crippen LogP contribution < -0.4 is 0 Å². The molecule has 0 aromatic carbocycles. The van der Waals surface area contributed by atoms with Crippen LogP contribution in [0.15, 0.2) is 0 Å². The molecule has 0 bridgehead atoms. The predicted molar refractivity (Wildman–Crippen MR) is 74.9 cm³/mol. The molecule has 0 N–H and O–H groups in total. The second kappa shape index (κ2) is 4.52. The zero-order valence-electron chi connectivity index (χ0n) is 11.7. The minimum atomic E-state index is -1.08. The maximum Gasteiger partial charge on any atom is 0.257 e. The summed E-state index contributed by atoms with van der Waals surface area (Å²) in [5.74, 6) is -0.280. The molecule has 2 heterocycles. The first-order chi connectivity index (χ1) is 8.58. The van der Waals surface area contributed by atoms with Crippen LogP contribution in [-0.2, 0) is 9.59 Å². The van der Waals surface area contributed by atoms with Gasteiger partial charge in [0.1, 0.15) is 5.66 Å². The Morgan fingerprint density at radius 1 is 1.32 bits per heavy atom.